The summed E-state index contributed by atoms with van der Waals surface area (Å²) in [7, 11) is 0.689. The molecule has 2 rings (SSSR count). The standard InChI is InChI=1S/C17H20N4O5S/c1-19(2)17(22)12-20(3)15-10-9-14(11-16(15)21(23)24)27(25,26)18-13-7-5-4-6-8-13/h4-11,18H,12H2,1-3H3. The molecule has 0 aromatic heterocycles. The SMILES string of the molecule is CN(C)C(=O)CN(C)c1ccc(S(=O)(=O)Nc2ccccc2)cc1[N+](=O)[O-]. The van der Waals surface area contributed by atoms with Crippen molar-refractivity contribution in [2.24, 2.45) is 0 Å². The van der Waals surface area contributed by atoms with Crippen LogP contribution in [0, 0.1) is 10.1 Å². The van der Waals surface area contributed by atoms with Crippen molar-refractivity contribution in [3.63, 3.8) is 0 Å². The highest BCUT2D eigenvalue weighted by Crippen LogP contribution is 2.30. The van der Waals surface area contributed by atoms with E-state index < -0.39 is 20.6 Å². The highest BCUT2D eigenvalue weighted by molar-refractivity contribution is 7.92. The molecule has 1 amide bonds. The third kappa shape index (κ3) is 4.94. The maximum atomic E-state index is 12.5. The average Bonchev–Trinajstić information content (AvgIpc) is 2.61. The van der Waals surface area contributed by atoms with Gasteiger partial charge in [-0.2, -0.15) is 0 Å². The summed E-state index contributed by atoms with van der Waals surface area (Å²) in [6.07, 6.45) is 0. The number of hydrogen-bond donors (Lipinski definition) is 1. The zero-order valence-electron chi connectivity index (χ0n) is 15.1. The number of nitro groups is 1. The number of amides is 1. The predicted molar refractivity (Wildman–Crippen MR) is 102 cm³/mol. The van der Waals surface area contributed by atoms with E-state index >= 15 is 0 Å². The summed E-state index contributed by atoms with van der Waals surface area (Å²) in [6.45, 7) is -0.0811. The van der Waals surface area contributed by atoms with Gasteiger partial charge in [0.05, 0.1) is 16.4 Å². The lowest BCUT2D eigenvalue weighted by atomic mass is 10.2. The molecule has 9 nitrogen and oxygen atoms in total. The molecule has 0 aliphatic heterocycles. The van der Waals surface area contributed by atoms with E-state index in [0.29, 0.717) is 5.69 Å². The molecule has 144 valence electrons. The number of para-hydroxylation sites is 1. The summed E-state index contributed by atoms with van der Waals surface area (Å²) in [5.41, 5.74) is 0.0896. The molecule has 0 aliphatic rings. The van der Waals surface area contributed by atoms with Crippen molar-refractivity contribution in [3.05, 3.63) is 58.6 Å². The zero-order valence-corrected chi connectivity index (χ0v) is 15.9. The number of sulfonamides is 1. The Morgan fingerprint density at radius 1 is 1.11 bits per heavy atom. The minimum atomic E-state index is -4.00. The number of likely N-dealkylation sites (N-methyl/N-ethyl adjacent to an activating group) is 2. The Balaban J connectivity index is 2.37. The Hall–Kier alpha value is -3.14. The molecule has 0 saturated heterocycles. The molecule has 10 heteroatoms. The lowest BCUT2D eigenvalue weighted by Crippen LogP contribution is -2.34. The maximum absolute atomic E-state index is 12.5. The maximum Gasteiger partial charge on any atom is 0.293 e. The van der Waals surface area contributed by atoms with Crippen molar-refractivity contribution in [1.82, 2.24) is 4.90 Å². The highest BCUT2D eigenvalue weighted by atomic mass is 32.2. The van der Waals surface area contributed by atoms with E-state index in [4.69, 9.17) is 0 Å². The van der Waals surface area contributed by atoms with Crippen LogP contribution in [0.15, 0.2) is 53.4 Å². The highest BCUT2D eigenvalue weighted by Gasteiger charge is 2.24. The van der Waals surface area contributed by atoms with Gasteiger partial charge >= 0.3 is 0 Å². The van der Waals surface area contributed by atoms with Crippen LogP contribution in [0.4, 0.5) is 17.1 Å². The van der Waals surface area contributed by atoms with Gasteiger partial charge in [-0.15, -0.1) is 0 Å². The van der Waals surface area contributed by atoms with Crippen molar-refractivity contribution < 1.29 is 18.1 Å². The molecular weight excluding hydrogens is 372 g/mol. The fourth-order valence-corrected chi connectivity index (χ4v) is 3.37. The normalized spacial score (nSPS) is 10.9. The van der Waals surface area contributed by atoms with E-state index in [-0.39, 0.29) is 23.0 Å². The number of anilines is 2. The lowest BCUT2D eigenvalue weighted by Gasteiger charge is -2.21. The number of nitrogens with zero attached hydrogens (tertiary/aromatic N) is 3. The Bertz CT molecular complexity index is 945. The third-order valence-corrected chi connectivity index (χ3v) is 5.14. The van der Waals surface area contributed by atoms with Crippen LogP contribution in [0.2, 0.25) is 0 Å². The Labute approximate surface area is 157 Å². The fourth-order valence-electron chi connectivity index (χ4n) is 2.29. The second kappa shape index (κ2) is 8.04. The van der Waals surface area contributed by atoms with Gasteiger partial charge in [-0.05, 0) is 24.3 Å². The van der Waals surface area contributed by atoms with Crippen molar-refractivity contribution in [2.75, 3.05) is 37.3 Å². The molecule has 0 aliphatic carbocycles. The molecule has 0 spiro atoms. The van der Waals surface area contributed by atoms with E-state index in [1.807, 2.05) is 0 Å². The van der Waals surface area contributed by atoms with E-state index in [9.17, 15) is 23.3 Å². The number of carbonyl (C=O) groups is 1. The molecular formula is C17H20N4O5S. The van der Waals surface area contributed by atoms with Gasteiger partial charge in [-0.1, -0.05) is 18.2 Å². The number of hydrogen-bond acceptors (Lipinski definition) is 6. The number of carbonyl (C=O) groups excluding carboxylic acids is 1. The summed E-state index contributed by atoms with van der Waals surface area (Å²) in [4.78, 5) is 25.2. The van der Waals surface area contributed by atoms with Crippen LogP contribution in [0.1, 0.15) is 0 Å². The molecule has 0 heterocycles. The van der Waals surface area contributed by atoms with Crippen LogP contribution in [0.5, 0.6) is 0 Å². The molecule has 2 aromatic carbocycles. The van der Waals surface area contributed by atoms with E-state index in [2.05, 4.69) is 4.72 Å². The largest absolute Gasteiger partial charge is 0.360 e. The van der Waals surface area contributed by atoms with Crippen molar-refractivity contribution in [3.8, 4) is 0 Å². The van der Waals surface area contributed by atoms with Gasteiger partial charge in [-0.25, -0.2) is 8.42 Å². The molecule has 0 bridgehead atoms. The second-order valence-corrected chi connectivity index (χ2v) is 7.71. The minimum Gasteiger partial charge on any atom is -0.360 e. The van der Waals surface area contributed by atoms with Gasteiger partial charge in [0.15, 0.2) is 0 Å². The Morgan fingerprint density at radius 2 is 1.74 bits per heavy atom. The molecule has 27 heavy (non-hydrogen) atoms. The molecule has 0 fully saturated rings. The summed E-state index contributed by atoms with van der Waals surface area (Å²) in [5, 5.41) is 11.5. The van der Waals surface area contributed by atoms with E-state index in [0.717, 1.165) is 6.07 Å². The van der Waals surface area contributed by atoms with Crippen molar-refractivity contribution in [2.45, 2.75) is 4.90 Å². The first-order valence-corrected chi connectivity index (χ1v) is 9.37. The van der Waals surface area contributed by atoms with Crippen LogP contribution in [0.3, 0.4) is 0 Å². The Kier molecular flexibility index (Phi) is 6.01. The van der Waals surface area contributed by atoms with Crippen LogP contribution in [-0.2, 0) is 14.8 Å². The third-order valence-electron chi connectivity index (χ3n) is 3.76. The van der Waals surface area contributed by atoms with E-state index in [1.54, 1.807) is 44.4 Å². The topological polar surface area (TPSA) is 113 Å². The van der Waals surface area contributed by atoms with Gasteiger partial charge < -0.3 is 9.80 Å². The molecule has 0 radical (unpaired) electrons. The van der Waals surface area contributed by atoms with Crippen LogP contribution in [0.25, 0.3) is 0 Å². The first-order valence-electron chi connectivity index (χ1n) is 7.89. The monoisotopic (exact) mass is 392 g/mol. The van der Waals surface area contributed by atoms with Gasteiger partial charge in [0.25, 0.3) is 15.7 Å². The van der Waals surface area contributed by atoms with Crippen LogP contribution in [-0.4, -0.2) is 51.8 Å². The first-order chi connectivity index (χ1) is 12.6. The minimum absolute atomic E-state index is 0.0811. The quantitative estimate of drug-likeness (QED) is 0.569. The molecule has 0 saturated carbocycles. The van der Waals surface area contributed by atoms with Gasteiger partial charge in [0.1, 0.15) is 5.69 Å². The fraction of sp³-hybridized carbons (Fsp3) is 0.235. The molecule has 0 atom stereocenters. The summed E-state index contributed by atoms with van der Waals surface area (Å²) < 4.78 is 27.4. The first kappa shape index (κ1) is 20.2. The number of rotatable bonds is 7. The van der Waals surface area contributed by atoms with Crippen molar-refractivity contribution in [1.29, 1.82) is 0 Å². The lowest BCUT2D eigenvalue weighted by molar-refractivity contribution is -0.384. The summed E-state index contributed by atoms with van der Waals surface area (Å²) in [6, 6.07) is 11.8. The predicted octanol–water partition coefficient (Wildman–Crippen LogP) is 1.92. The van der Waals surface area contributed by atoms with Gasteiger partial charge in [0, 0.05) is 32.9 Å². The number of nitro benzene ring substituents is 1. The molecule has 1 N–H and O–H groups in total. The molecule has 2 aromatic rings. The van der Waals surface area contributed by atoms with E-state index in [1.165, 1.54) is 29.0 Å². The van der Waals surface area contributed by atoms with Gasteiger partial charge in [-0.3, -0.25) is 19.6 Å². The van der Waals surface area contributed by atoms with Crippen LogP contribution < -0.4 is 9.62 Å². The summed E-state index contributed by atoms with van der Waals surface area (Å²) in [5.74, 6) is -0.241. The Morgan fingerprint density at radius 3 is 2.30 bits per heavy atom. The number of benzene rings is 2. The van der Waals surface area contributed by atoms with Gasteiger partial charge in [0.2, 0.25) is 5.91 Å². The van der Waals surface area contributed by atoms with Crippen LogP contribution >= 0.6 is 0 Å². The smallest absolute Gasteiger partial charge is 0.293 e. The summed E-state index contributed by atoms with van der Waals surface area (Å²) >= 11 is 0. The second-order valence-electron chi connectivity index (χ2n) is 6.02. The van der Waals surface area contributed by atoms with Crippen molar-refractivity contribution >= 4 is 33.0 Å². The average molecular weight is 392 g/mol. The number of nitrogens with one attached hydrogen (secondary N) is 1. The molecule has 0 unspecified atom stereocenters. The zero-order chi connectivity index (χ0) is 20.2.